The summed E-state index contributed by atoms with van der Waals surface area (Å²) in [6.45, 7) is 0.690. The fourth-order valence-corrected chi connectivity index (χ4v) is 5.90. The molecule has 0 saturated carbocycles. The van der Waals surface area contributed by atoms with Crippen LogP contribution in [0.4, 0.5) is 0 Å². The van der Waals surface area contributed by atoms with Gasteiger partial charge < -0.3 is 4.74 Å². The second-order valence-electron chi connectivity index (χ2n) is 6.32. The number of nitrogens with zero attached hydrogens (tertiary/aromatic N) is 3. The topological polar surface area (TPSA) is 98.0 Å². The molecule has 0 unspecified atom stereocenters. The standard InChI is InChI=1S/C18H17N3O5S2/c22-16-11-13(19-15-5-1-2-9-21(15)16)12-26-18(23)17-14(6-10-27-17)28(24,25)20-7-3-4-8-20/h1-2,5-6,9-11H,3-4,7-8,12H2. The molecule has 0 aliphatic carbocycles. The minimum Gasteiger partial charge on any atom is -0.455 e. The molecule has 0 atom stereocenters. The quantitative estimate of drug-likeness (QED) is 0.586. The van der Waals surface area contributed by atoms with Crippen molar-refractivity contribution < 1.29 is 17.9 Å². The molecule has 0 bridgehead atoms. The Hall–Kier alpha value is -2.56. The van der Waals surface area contributed by atoms with Crippen molar-refractivity contribution >= 4 is 33.0 Å². The van der Waals surface area contributed by atoms with Crippen LogP contribution in [-0.2, 0) is 21.4 Å². The van der Waals surface area contributed by atoms with Crippen molar-refractivity contribution in [3.8, 4) is 0 Å². The van der Waals surface area contributed by atoms with Crippen LogP contribution in [0.2, 0.25) is 0 Å². The number of pyridine rings is 1. The van der Waals surface area contributed by atoms with Crippen molar-refractivity contribution in [1.29, 1.82) is 0 Å². The first-order valence-corrected chi connectivity index (χ1v) is 11.0. The molecule has 1 fully saturated rings. The lowest BCUT2D eigenvalue weighted by Gasteiger charge is -2.15. The van der Waals surface area contributed by atoms with Gasteiger partial charge in [-0.2, -0.15) is 4.31 Å². The van der Waals surface area contributed by atoms with E-state index >= 15 is 0 Å². The van der Waals surface area contributed by atoms with Crippen LogP contribution in [0.25, 0.3) is 5.65 Å². The molecule has 3 aromatic heterocycles. The molecule has 10 heteroatoms. The number of rotatable bonds is 5. The molecule has 4 rings (SSSR count). The summed E-state index contributed by atoms with van der Waals surface area (Å²) < 4.78 is 33.5. The molecular weight excluding hydrogens is 402 g/mol. The fourth-order valence-electron chi connectivity index (χ4n) is 3.10. The van der Waals surface area contributed by atoms with Gasteiger partial charge in [-0.1, -0.05) is 6.07 Å². The van der Waals surface area contributed by atoms with Crippen LogP contribution in [0.15, 0.2) is 51.6 Å². The Morgan fingerprint density at radius 2 is 2.00 bits per heavy atom. The summed E-state index contributed by atoms with van der Waals surface area (Å²) in [5, 5.41) is 1.56. The third-order valence-electron chi connectivity index (χ3n) is 4.47. The van der Waals surface area contributed by atoms with Crippen LogP contribution in [0.5, 0.6) is 0 Å². The highest BCUT2D eigenvalue weighted by Gasteiger charge is 2.32. The van der Waals surface area contributed by atoms with E-state index in [2.05, 4.69) is 4.98 Å². The Balaban J connectivity index is 1.54. The van der Waals surface area contributed by atoms with Gasteiger partial charge in [-0.25, -0.2) is 18.2 Å². The molecule has 4 heterocycles. The number of carbonyl (C=O) groups excluding carboxylic acids is 1. The number of esters is 1. The summed E-state index contributed by atoms with van der Waals surface area (Å²) in [6.07, 6.45) is 3.22. The molecule has 0 spiro atoms. The van der Waals surface area contributed by atoms with Gasteiger partial charge in [-0.15, -0.1) is 11.3 Å². The minimum absolute atomic E-state index is 0.0315. The van der Waals surface area contributed by atoms with Gasteiger partial charge in [0.05, 0.1) is 5.69 Å². The van der Waals surface area contributed by atoms with Gasteiger partial charge >= 0.3 is 5.97 Å². The highest BCUT2D eigenvalue weighted by atomic mass is 32.2. The predicted octanol–water partition coefficient (Wildman–Crippen LogP) is 1.90. The number of hydrogen-bond donors (Lipinski definition) is 0. The maximum absolute atomic E-state index is 12.8. The third-order valence-corrected chi connectivity index (χ3v) is 7.44. The highest BCUT2D eigenvalue weighted by Crippen LogP contribution is 2.28. The third kappa shape index (κ3) is 3.46. The average molecular weight is 419 g/mol. The number of thiophene rings is 1. The smallest absolute Gasteiger partial charge is 0.350 e. The molecule has 0 N–H and O–H groups in total. The fraction of sp³-hybridized carbons (Fsp3) is 0.278. The molecule has 1 aliphatic rings. The van der Waals surface area contributed by atoms with E-state index in [4.69, 9.17) is 4.74 Å². The average Bonchev–Trinajstić information content (AvgIpc) is 3.38. The number of sulfonamides is 1. The molecule has 0 aromatic carbocycles. The lowest BCUT2D eigenvalue weighted by molar-refractivity contribution is 0.0469. The van der Waals surface area contributed by atoms with Crippen molar-refractivity contribution in [3.63, 3.8) is 0 Å². The van der Waals surface area contributed by atoms with Crippen LogP contribution >= 0.6 is 11.3 Å². The van der Waals surface area contributed by atoms with E-state index in [1.807, 2.05) is 0 Å². The molecule has 1 saturated heterocycles. The summed E-state index contributed by atoms with van der Waals surface area (Å²) in [5.74, 6) is -0.747. The number of carbonyl (C=O) groups is 1. The molecule has 3 aromatic rings. The van der Waals surface area contributed by atoms with Crippen molar-refractivity contribution in [1.82, 2.24) is 13.7 Å². The first-order valence-electron chi connectivity index (χ1n) is 8.69. The Bertz CT molecular complexity index is 1190. The highest BCUT2D eigenvalue weighted by molar-refractivity contribution is 7.89. The Labute approximate surface area is 165 Å². The molecule has 146 valence electrons. The number of fused-ring (bicyclic) bond motifs is 1. The van der Waals surface area contributed by atoms with Gasteiger partial charge in [0.2, 0.25) is 10.0 Å². The SMILES string of the molecule is O=C(OCc1cc(=O)n2ccccc2n1)c1sccc1S(=O)(=O)N1CCCC1. The predicted molar refractivity (Wildman–Crippen MR) is 103 cm³/mol. The summed E-state index contributed by atoms with van der Waals surface area (Å²) in [5.41, 5.74) is 0.449. The van der Waals surface area contributed by atoms with E-state index in [1.54, 1.807) is 29.8 Å². The number of ether oxygens (including phenoxy) is 1. The maximum atomic E-state index is 12.8. The van der Waals surface area contributed by atoms with Gasteiger partial charge in [-0.05, 0) is 36.4 Å². The number of aromatic nitrogens is 2. The second-order valence-corrected chi connectivity index (χ2v) is 9.14. The van der Waals surface area contributed by atoms with Crippen molar-refractivity contribution in [3.05, 3.63) is 62.8 Å². The normalized spacial score (nSPS) is 15.1. The largest absolute Gasteiger partial charge is 0.455 e. The van der Waals surface area contributed by atoms with Gasteiger partial charge in [-0.3, -0.25) is 9.20 Å². The first-order chi connectivity index (χ1) is 13.5. The van der Waals surface area contributed by atoms with E-state index in [-0.39, 0.29) is 21.9 Å². The van der Waals surface area contributed by atoms with Gasteiger partial charge in [0, 0.05) is 25.4 Å². The molecule has 1 aliphatic heterocycles. The van der Waals surface area contributed by atoms with E-state index in [0.717, 1.165) is 24.2 Å². The van der Waals surface area contributed by atoms with Crippen LogP contribution in [0.1, 0.15) is 28.2 Å². The van der Waals surface area contributed by atoms with Gasteiger partial charge in [0.1, 0.15) is 22.0 Å². The van der Waals surface area contributed by atoms with Crippen LogP contribution in [-0.4, -0.2) is 41.2 Å². The van der Waals surface area contributed by atoms with Crippen molar-refractivity contribution in [2.45, 2.75) is 24.3 Å². The van der Waals surface area contributed by atoms with Gasteiger partial charge in [0.15, 0.2) is 0 Å². The van der Waals surface area contributed by atoms with Crippen LogP contribution in [0, 0.1) is 0 Å². The lowest BCUT2D eigenvalue weighted by atomic mass is 10.4. The monoisotopic (exact) mass is 419 g/mol. The lowest BCUT2D eigenvalue weighted by Crippen LogP contribution is -2.28. The summed E-state index contributed by atoms with van der Waals surface area (Å²) in [7, 11) is -3.72. The zero-order valence-corrected chi connectivity index (χ0v) is 16.4. The second kappa shape index (κ2) is 7.46. The molecule has 0 radical (unpaired) electrons. The van der Waals surface area contributed by atoms with Crippen LogP contribution in [0.3, 0.4) is 0 Å². The van der Waals surface area contributed by atoms with Crippen LogP contribution < -0.4 is 5.56 Å². The molecular formula is C18H17N3O5S2. The Morgan fingerprint density at radius 1 is 1.21 bits per heavy atom. The molecule has 0 amide bonds. The zero-order valence-electron chi connectivity index (χ0n) is 14.8. The minimum atomic E-state index is -3.72. The molecule has 8 nitrogen and oxygen atoms in total. The van der Waals surface area contributed by atoms with Crippen molar-refractivity contribution in [2.24, 2.45) is 0 Å². The summed E-state index contributed by atoms with van der Waals surface area (Å²) in [6, 6.07) is 7.85. The maximum Gasteiger partial charge on any atom is 0.350 e. The van der Waals surface area contributed by atoms with E-state index in [0.29, 0.717) is 24.4 Å². The Morgan fingerprint density at radius 3 is 2.79 bits per heavy atom. The zero-order chi connectivity index (χ0) is 19.7. The molecule has 28 heavy (non-hydrogen) atoms. The Kier molecular flexibility index (Phi) is 5.00. The van der Waals surface area contributed by atoms with E-state index in [9.17, 15) is 18.0 Å². The number of hydrogen-bond acceptors (Lipinski definition) is 7. The van der Waals surface area contributed by atoms with Crippen molar-refractivity contribution in [2.75, 3.05) is 13.1 Å². The summed E-state index contributed by atoms with van der Waals surface area (Å²) >= 11 is 1.02. The summed E-state index contributed by atoms with van der Waals surface area (Å²) in [4.78, 5) is 28.9. The first kappa shape index (κ1) is 18.8. The van der Waals surface area contributed by atoms with E-state index < -0.39 is 16.0 Å². The van der Waals surface area contributed by atoms with E-state index in [1.165, 1.54) is 20.8 Å². The van der Waals surface area contributed by atoms with Gasteiger partial charge in [0.25, 0.3) is 5.56 Å².